The maximum atomic E-state index is 11.8. The van der Waals surface area contributed by atoms with Crippen molar-refractivity contribution in [3.05, 3.63) is 35.5 Å². The fourth-order valence-corrected chi connectivity index (χ4v) is 3.93. The Hall–Kier alpha value is -2.13. The van der Waals surface area contributed by atoms with Gasteiger partial charge in [-0.05, 0) is 32.8 Å². The van der Waals surface area contributed by atoms with E-state index in [0.29, 0.717) is 24.9 Å². The van der Waals surface area contributed by atoms with Gasteiger partial charge in [0.1, 0.15) is 0 Å². The van der Waals surface area contributed by atoms with Gasteiger partial charge in [-0.1, -0.05) is 0 Å². The Morgan fingerprint density at radius 2 is 1.88 bits per heavy atom. The van der Waals surface area contributed by atoms with Crippen LogP contribution in [-0.2, 0) is 10.0 Å². The summed E-state index contributed by atoms with van der Waals surface area (Å²) >= 11 is 0. The molecular formula is C16H22N6O2S. The van der Waals surface area contributed by atoms with Crippen molar-refractivity contribution < 1.29 is 8.42 Å². The number of aryl methyl sites for hydroxylation is 2. The fourth-order valence-electron chi connectivity index (χ4n) is 3.02. The van der Waals surface area contributed by atoms with E-state index in [-0.39, 0.29) is 5.92 Å². The lowest BCUT2D eigenvalue weighted by atomic mass is 9.96. The zero-order valence-corrected chi connectivity index (χ0v) is 15.4. The summed E-state index contributed by atoms with van der Waals surface area (Å²) in [5.41, 5.74) is 2.52. The van der Waals surface area contributed by atoms with Crippen LogP contribution in [0.3, 0.4) is 0 Å². The highest BCUT2D eigenvalue weighted by Gasteiger charge is 2.27. The van der Waals surface area contributed by atoms with Crippen molar-refractivity contribution >= 4 is 21.8 Å². The van der Waals surface area contributed by atoms with Crippen molar-refractivity contribution in [1.29, 1.82) is 0 Å². The van der Waals surface area contributed by atoms with Crippen molar-refractivity contribution in [2.75, 3.05) is 24.7 Å². The smallest absolute Gasteiger partial charge is 0.228 e. The van der Waals surface area contributed by atoms with Crippen LogP contribution >= 0.6 is 0 Å². The second-order valence-corrected chi connectivity index (χ2v) is 8.37. The van der Waals surface area contributed by atoms with Crippen LogP contribution in [0.25, 0.3) is 0 Å². The maximum absolute atomic E-state index is 11.8. The summed E-state index contributed by atoms with van der Waals surface area (Å²) in [6, 6.07) is 1.90. The van der Waals surface area contributed by atoms with E-state index in [0.717, 1.165) is 29.9 Å². The molecule has 1 saturated heterocycles. The Kier molecular flexibility index (Phi) is 4.96. The van der Waals surface area contributed by atoms with E-state index < -0.39 is 10.0 Å². The molecule has 0 aliphatic carbocycles. The SMILES string of the molecule is Cc1cc(C)nc(Nc2cncc(C3CCCN(S(C)(=O)=O)C3)n2)n1. The van der Waals surface area contributed by atoms with Crippen LogP contribution in [0, 0.1) is 13.8 Å². The summed E-state index contributed by atoms with van der Waals surface area (Å²) in [5, 5.41) is 3.08. The predicted octanol–water partition coefficient (Wildman–Crippen LogP) is 1.77. The van der Waals surface area contributed by atoms with E-state index >= 15 is 0 Å². The minimum atomic E-state index is -3.19. The number of nitrogens with zero attached hydrogens (tertiary/aromatic N) is 5. The van der Waals surface area contributed by atoms with E-state index in [2.05, 4.69) is 25.3 Å². The van der Waals surface area contributed by atoms with Crippen molar-refractivity contribution in [2.45, 2.75) is 32.6 Å². The predicted molar refractivity (Wildman–Crippen MR) is 95.2 cm³/mol. The molecule has 3 rings (SSSR count). The van der Waals surface area contributed by atoms with Crippen LogP contribution in [0.5, 0.6) is 0 Å². The van der Waals surface area contributed by atoms with Crippen molar-refractivity contribution in [3.63, 3.8) is 0 Å². The number of anilines is 2. The maximum Gasteiger partial charge on any atom is 0.228 e. The van der Waals surface area contributed by atoms with Gasteiger partial charge in [-0.15, -0.1) is 0 Å². The zero-order valence-electron chi connectivity index (χ0n) is 14.6. The third kappa shape index (κ3) is 4.49. The molecule has 0 aromatic carbocycles. The Balaban J connectivity index is 1.79. The van der Waals surface area contributed by atoms with Crippen LogP contribution in [0.4, 0.5) is 11.8 Å². The molecule has 2 aromatic rings. The number of piperidine rings is 1. The Labute approximate surface area is 147 Å². The first-order valence-corrected chi connectivity index (χ1v) is 10.0. The molecule has 1 fully saturated rings. The average Bonchev–Trinajstić information content (AvgIpc) is 2.53. The molecule has 1 aliphatic heterocycles. The molecule has 0 radical (unpaired) electrons. The van der Waals surface area contributed by atoms with Gasteiger partial charge >= 0.3 is 0 Å². The molecule has 1 unspecified atom stereocenters. The zero-order chi connectivity index (χ0) is 18.0. The van der Waals surface area contributed by atoms with Gasteiger partial charge in [-0.2, -0.15) is 0 Å². The highest BCUT2D eigenvalue weighted by Crippen LogP contribution is 2.27. The summed E-state index contributed by atoms with van der Waals surface area (Å²) in [4.78, 5) is 17.5. The third-order valence-corrected chi connectivity index (χ3v) is 5.42. The topological polar surface area (TPSA) is 101 Å². The summed E-state index contributed by atoms with van der Waals surface area (Å²) < 4.78 is 25.1. The Morgan fingerprint density at radius 3 is 2.56 bits per heavy atom. The molecule has 0 saturated carbocycles. The molecule has 0 amide bonds. The lowest BCUT2D eigenvalue weighted by Crippen LogP contribution is -2.38. The molecule has 9 heteroatoms. The first-order chi connectivity index (χ1) is 11.8. The molecule has 1 atom stereocenters. The van der Waals surface area contributed by atoms with Crippen LogP contribution < -0.4 is 5.32 Å². The summed E-state index contributed by atoms with van der Waals surface area (Å²) in [6.45, 7) is 4.82. The first kappa shape index (κ1) is 17.7. The van der Waals surface area contributed by atoms with Crippen LogP contribution in [0.15, 0.2) is 18.5 Å². The lowest BCUT2D eigenvalue weighted by Gasteiger charge is -2.30. The van der Waals surface area contributed by atoms with Crippen molar-refractivity contribution in [2.24, 2.45) is 0 Å². The largest absolute Gasteiger partial charge is 0.307 e. The van der Waals surface area contributed by atoms with Crippen LogP contribution in [0.2, 0.25) is 0 Å². The van der Waals surface area contributed by atoms with Crippen molar-refractivity contribution in [1.82, 2.24) is 24.2 Å². The molecule has 3 heterocycles. The molecule has 1 N–H and O–H groups in total. The van der Waals surface area contributed by atoms with Gasteiger partial charge in [0, 0.05) is 36.6 Å². The highest BCUT2D eigenvalue weighted by atomic mass is 32.2. The van der Waals surface area contributed by atoms with Gasteiger partial charge in [0.25, 0.3) is 0 Å². The third-order valence-electron chi connectivity index (χ3n) is 4.15. The number of nitrogens with one attached hydrogen (secondary N) is 1. The molecule has 0 bridgehead atoms. The summed E-state index contributed by atoms with van der Waals surface area (Å²) in [5.74, 6) is 1.07. The monoisotopic (exact) mass is 362 g/mol. The van der Waals surface area contributed by atoms with E-state index in [1.807, 2.05) is 19.9 Å². The molecule has 2 aromatic heterocycles. The lowest BCUT2D eigenvalue weighted by molar-refractivity contribution is 0.314. The molecule has 134 valence electrons. The number of sulfonamides is 1. The second kappa shape index (κ2) is 7.01. The van der Waals surface area contributed by atoms with E-state index in [1.165, 1.54) is 10.6 Å². The van der Waals surface area contributed by atoms with Crippen LogP contribution in [0.1, 0.15) is 35.8 Å². The van der Waals surface area contributed by atoms with E-state index in [1.54, 1.807) is 12.4 Å². The number of rotatable bonds is 4. The number of hydrogen-bond acceptors (Lipinski definition) is 7. The number of aromatic nitrogens is 4. The fraction of sp³-hybridized carbons (Fsp3) is 0.500. The van der Waals surface area contributed by atoms with Gasteiger partial charge in [-0.25, -0.2) is 27.7 Å². The van der Waals surface area contributed by atoms with E-state index in [4.69, 9.17) is 0 Å². The molecular weight excluding hydrogens is 340 g/mol. The minimum Gasteiger partial charge on any atom is -0.307 e. The normalized spacial score (nSPS) is 18.9. The molecule has 25 heavy (non-hydrogen) atoms. The summed E-state index contributed by atoms with van der Waals surface area (Å²) in [7, 11) is -3.19. The second-order valence-electron chi connectivity index (χ2n) is 6.39. The average molecular weight is 362 g/mol. The van der Waals surface area contributed by atoms with Gasteiger partial charge in [0.2, 0.25) is 16.0 Å². The van der Waals surface area contributed by atoms with Crippen molar-refractivity contribution in [3.8, 4) is 0 Å². The summed E-state index contributed by atoms with van der Waals surface area (Å²) in [6.07, 6.45) is 6.27. The van der Waals surface area contributed by atoms with Gasteiger partial charge in [0.15, 0.2) is 5.82 Å². The van der Waals surface area contributed by atoms with E-state index in [9.17, 15) is 8.42 Å². The van der Waals surface area contributed by atoms with Gasteiger partial charge in [-0.3, -0.25) is 4.98 Å². The number of hydrogen-bond donors (Lipinski definition) is 1. The van der Waals surface area contributed by atoms with Gasteiger partial charge < -0.3 is 5.32 Å². The molecule has 1 aliphatic rings. The standard InChI is InChI=1S/C16H22N6O2S/c1-11-7-12(2)19-16(18-11)21-15-9-17-8-14(20-15)13-5-4-6-22(10-13)25(3,23)24/h7-9,13H,4-6,10H2,1-3H3,(H,18,19,20,21). The first-order valence-electron chi connectivity index (χ1n) is 8.17. The molecule has 8 nitrogen and oxygen atoms in total. The van der Waals surface area contributed by atoms with Crippen LogP contribution in [-0.4, -0.2) is 52.0 Å². The Bertz CT molecular complexity index is 850. The van der Waals surface area contributed by atoms with Gasteiger partial charge in [0.05, 0.1) is 18.1 Å². The molecule has 0 spiro atoms. The minimum absolute atomic E-state index is 0.0397. The Morgan fingerprint density at radius 1 is 1.16 bits per heavy atom. The highest BCUT2D eigenvalue weighted by molar-refractivity contribution is 7.88. The quantitative estimate of drug-likeness (QED) is 0.884.